The van der Waals surface area contributed by atoms with E-state index in [1.807, 2.05) is 0 Å². The summed E-state index contributed by atoms with van der Waals surface area (Å²) in [5.74, 6) is -1.06. The predicted molar refractivity (Wildman–Crippen MR) is 82.0 cm³/mol. The third-order valence-corrected chi connectivity index (χ3v) is 3.01. The van der Waals surface area contributed by atoms with Gasteiger partial charge in [0.1, 0.15) is 5.75 Å². The Kier molecular flexibility index (Phi) is 8.28. The summed E-state index contributed by atoms with van der Waals surface area (Å²) < 4.78 is 22.4. The van der Waals surface area contributed by atoms with Crippen molar-refractivity contribution in [1.82, 2.24) is 0 Å². The number of halogens is 2. The standard InChI is InChI=1S/C15H19ClFNO4/c1-2-3-4-7-21-15(20)10-22-13-8-11(5-6-12(13)16)18-14(19)9-17/h5-6,8H,2-4,7,9-10H2,1H3,(H,18,19). The van der Waals surface area contributed by atoms with Gasteiger partial charge in [-0.15, -0.1) is 0 Å². The highest BCUT2D eigenvalue weighted by molar-refractivity contribution is 6.32. The van der Waals surface area contributed by atoms with Crippen LogP contribution in [-0.2, 0) is 14.3 Å². The van der Waals surface area contributed by atoms with Crippen molar-refractivity contribution < 1.29 is 23.5 Å². The van der Waals surface area contributed by atoms with Crippen molar-refractivity contribution in [1.29, 1.82) is 0 Å². The first-order chi connectivity index (χ1) is 10.6. The van der Waals surface area contributed by atoms with E-state index in [1.165, 1.54) is 18.2 Å². The molecule has 0 saturated heterocycles. The minimum absolute atomic E-state index is 0.212. The molecule has 1 aromatic carbocycles. The highest BCUT2D eigenvalue weighted by Crippen LogP contribution is 2.27. The molecule has 22 heavy (non-hydrogen) atoms. The normalized spacial score (nSPS) is 10.1. The lowest BCUT2D eigenvalue weighted by molar-refractivity contribution is -0.146. The van der Waals surface area contributed by atoms with Crippen LogP contribution in [0.15, 0.2) is 18.2 Å². The molecule has 0 aliphatic heterocycles. The molecule has 0 aromatic heterocycles. The van der Waals surface area contributed by atoms with Gasteiger partial charge in [0.25, 0.3) is 5.91 Å². The van der Waals surface area contributed by atoms with Crippen molar-refractivity contribution in [3.8, 4) is 5.75 Å². The van der Waals surface area contributed by atoms with Crippen molar-refractivity contribution in [3.63, 3.8) is 0 Å². The second kappa shape index (κ2) is 10.00. The number of ether oxygens (including phenoxy) is 2. The first-order valence-electron chi connectivity index (χ1n) is 7.00. The lowest BCUT2D eigenvalue weighted by Crippen LogP contribution is -2.16. The molecule has 7 heteroatoms. The first-order valence-corrected chi connectivity index (χ1v) is 7.38. The Balaban J connectivity index is 2.48. The first kappa shape index (κ1) is 18.2. The van der Waals surface area contributed by atoms with Crippen molar-refractivity contribution >= 4 is 29.2 Å². The molecule has 122 valence electrons. The Morgan fingerprint density at radius 1 is 1.32 bits per heavy atom. The average Bonchev–Trinajstić information content (AvgIpc) is 2.52. The van der Waals surface area contributed by atoms with Gasteiger partial charge >= 0.3 is 5.97 Å². The lowest BCUT2D eigenvalue weighted by atomic mass is 10.3. The van der Waals surface area contributed by atoms with Crippen LogP contribution < -0.4 is 10.1 Å². The molecule has 5 nitrogen and oxygen atoms in total. The van der Waals surface area contributed by atoms with Crippen LogP contribution in [0.1, 0.15) is 26.2 Å². The zero-order valence-corrected chi connectivity index (χ0v) is 13.1. The van der Waals surface area contributed by atoms with E-state index in [-0.39, 0.29) is 17.4 Å². The highest BCUT2D eigenvalue weighted by atomic mass is 35.5. The summed E-state index contributed by atoms with van der Waals surface area (Å²) in [6.07, 6.45) is 2.85. The van der Waals surface area contributed by atoms with Crippen LogP contribution >= 0.6 is 11.6 Å². The van der Waals surface area contributed by atoms with Crippen LogP contribution in [0.4, 0.5) is 10.1 Å². The van der Waals surface area contributed by atoms with Gasteiger partial charge in [0.2, 0.25) is 0 Å². The summed E-state index contributed by atoms with van der Waals surface area (Å²) in [7, 11) is 0. The SMILES string of the molecule is CCCCCOC(=O)COc1cc(NC(=O)CF)ccc1Cl. The summed E-state index contributed by atoms with van der Waals surface area (Å²) in [5, 5.41) is 2.60. The van der Waals surface area contributed by atoms with E-state index in [2.05, 4.69) is 12.2 Å². The Morgan fingerprint density at radius 2 is 2.09 bits per heavy atom. The molecule has 1 aromatic rings. The fraction of sp³-hybridized carbons (Fsp3) is 0.467. The maximum absolute atomic E-state index is 12.1. The van der Waals surface area contributed by atoms with E-state index < -0.39 is 18.6 Å². The number of carbonyl (C=O) groups excluding carboxylic acids is 2. The van der Waals surface area contributed by atoms with Crippen LogP contribution in [0, 0.1) is 0 Å². The fourth-order valence-corrected chi connectivity index (χ4v) is 1.77. The summed E-state index contributed by atoms with van der Waals surface area (Å²) in [4.78, 5) is 22.5. The molecule has 0 heterocycles. The number of amides is 1. The van der Waals surface area contributed by atoms with E-state index in [9.17, 15) is 14.0 Å². The van der Waals surface area contributed by atoms with Gasteiger partial charge in [0, 0.05) is 11.8 Å². The fourth-order valence-electron chi connectivity index (χ4n) is 1.60. The number of carbonyl (C=O) groups is 2. The van der Waals surface area contributed by atoms with Crippen molar-refractivity contribution in [3.05, 3.63) is 23.2 Å². The van der Waals surface area contributed by atoms with Gasteiger partial charge in [-0.2, -0.15) is 0 Å². The number of anilines is 1. The minimum atomic E-state index is -1.12. The number of benzene rings is 1. The van der Waals surface area contributed by atoms with Gasteiger partial charge in [-0.3, -0.25) is 4.79 Å². The van der Waals surface area contributed by atoms with Gasteiger partial charge in [0.15, 0.2) is 13.3 Å². The summed E-state index contributed by atoms with van der Waals surface area (Å²) >= 11 is 5.93. The summed E-state index contributed by atoms with van der Waals surface area (Å²) in [6, 6.07) is 4.41. The number of unbranched alkanes of at least 4 members (excludes halogenated alkanes) is 2. The molecule has 0 spiro atoms. The quantitative estimate of drug-likeness (QED) is 0.556. The molecule has 0 aliphatic rings. The van der Waals surface area contributed by atoms with E-state index in [0.29, 0.717) is 12.3 Å². The third-order valence-electron chi connectivity index (χ3n) is 2.69. The molecule has 0 radical (unpaired) electrons. The zero-order chi connectivity index (χ0) is 16.4. The number of esters is 1. The maximum atomic E-state index is 12.1. The van der Waals surface area contributed by atoms with Gasteiger partial charge in [0.05, 0.1) is 11.6 Å². The molecule has 1 rings (SSSR count). The molecular weight excluding hydrogens is 313 g/mol. The Labute approximate surface area is 133 Å². The Morgan fingerprint density at radius 3 is 2.77 bits per heavy atom. The minimum Gasteiger partial charge on any atom is -0.480 e. The number of hydrogen-bond donors (Lipinski definition) is 1. The second-order valence-electron chi connectivity index (χ2n) is 4.54. The van der Waals surface area contributed by atoms with Crippen molar-refractivity contribution in [2.24, 2.45) is 0 Å². The average molecular weight is 332 g/mol. The van der Waals surface area contributed by atoms with E-state index in [0.717, 1.165) is 19.3 Å². The molecule has 0 atom stereocenters. The second-order valence-corrected chi connectivity index (χ2v) is 4.95. The van der Waals surface area contributed by atoms with Gasteiger partial charge in [-0.25, -0.2) is 9.18 Å². The van der Waals surface area contributed by atoms with Crippen molar-refractivity contribution in [2.45, 2.75) is 26.2 Å². The van der Waals surface area contributed by atoms with Crippen LogP contribution in [0.25, 0.3) is 0 Å². The molecule has 1 N–H and O–H groups in total. The van der Waals surface area contributed by atoms with Crippen LogP contribution in [0.3, 0.4) is 0 Å². The van der Waals surface area contributed by atoms with Crippen LogP contribution in [-0.4, -0.2) is 31.8 Å². The Bertz CT molecular complexity index is 510. The number of rotatable bonds is 9. The summed E-state index contributed by atoms with van der Waals surface area (Å²) in [5.41, 5.74) is 0.332. The van der Waals surface area contributed by atoms with Gasteiger partial charge in [-0.1, -0.05) is 31.4 Å². The number of hydrogen-bond acceptors (Lipinski definition) is 4. The third kappa shape index (κ3) is 6.76. The molecular formula is C15H19ClFNO4. The lowest BCUT2D eigenvalue weighted by Gasteiger charge is -2.10. The molecule has 1 amide bonds. The molecule has 0 saturated carbocycles. The number of nitrogens with one attached hydrogen (secondary N) is 1. The molecule has 0 fully saturated rings. The van der Waals surface area contributed by atoms with Gasteiger partial charge in [-0.05, 0) is 18.6 Å². The zero-order valence-electron chi connectivity index (χ0n) is 12.4. The van der Waals surface area contributed by atoms with Gasteiger partial charge < -0.3 is 14.8 Å². The molecule has 0 unspecified atom stereocenters. The van der Waals surface area contributed by atoms with E-state index in [4.69, 9.17) is 21.1 Å². The Hall–Kier alpha value is -1.82. The van der Waals surface area contributed by atoms with Crippen molar-refractivity contribution in [2.75, 3.05) is 25.2 Å². The topological polar surface area (TPSA) is 64.6 Å². The maximum Gasteiger partial charge on any atom is 0.344 e. The highest BCUT2D eigenvalue weighted by Gasteiger charge is 2.09. The molecule has 0 bridgehead atoms. The van der Waals surface area contributed by atoms with Crippen LogP contribution in [0.5, 0.6) is 5.75 Å². The summed E-state index contributed by atoms with van der Waals surface area (Å²) in [6.45, 7) is 1.01. The van der Waals surface area contributed by atoms with E-state index in [1.54, 1.807) is 0 Å². The predicted octanol–water partition coefficient (Wildman–Crippen LogP) is 3.36. The van der Waals surface area contributed by atoms with Crippen LogP contribution in [0.2, 0.25) is 5.02 Å². The largest absolute Gasteiger partial charge is 0.480 e. The molecule has 0 aliphatic carbocycles. The number of alkyl halides is 1. The smallest absolute Gasteiger partial charge is 0.344 e. The van der Waals surface area contributed by atoms with E-state index >= 15 is 0 Å². The monoisotopic (exact) mass is 331 g/mol.